The summed E-state index contributed by atoms with van der Waals surface area (Å²) in [6.07, 6.45) is 3.42. The first-order valence-corrected chi connectivity index (χ1v) is 9.95. The summed E-state index contributed by atoms with van der Waals surface area (Å²) in [7, 11) is 1.61. The Morgan fingerprint density at radius 1 is 1.21 bits per heavy atom. The van der Waals surface area contributed by atoms with Gasteiger partial charge in [0.2, 0.25) is 0 Å². The number of hydrogen-bond donors (Lipinski definition) is 1. The minimum Gasteiger partial charge on any atom is -0.497 e. The Morgan fingerprint density at radius 3 is 2.83 bits per heavy atom. The molecule has 0 spiro atoms. The van der Waals surface area contributed by atoms with Crippen LogP contribution < -0.4 is 15.6 Å². The fourth-order valence-electron chi connectivity index (χ4n) is 3.06. The Kier molecular flexibility index (Phi) is 5.18. The summed E-state index contributed by atoms with van der Waals surface area (Å²) in [6.45, 7) is 2.70. The second kappa shape index (κ2) is 7.92. The zero-order chi connectivity index (χ0) is 20.4. The van der Waals surface area contributed by atoms with E-state index in [1.165, 1.54) is 11.3 Å². The van der Waals surface area contributed by atoms with Gasteiger partial charge in [0.15, 0.2) is 0 Å². The fourth-order valence-corrected chi connectivity index (χ4v) is 3.84. The monoisotopic (exact) mass is 408 g/mol. The van der Waals surface area contributed by atoms with Gasteiger partial charge in [-0.15, -0.1) is 11.3 Å². The maximum Gasteiger partial charge on any atom is 0.276 e. The fraction of sp³-hybridized carbons (Fsp3) is 0.190. The molecule has 0 aliphatic heterocycles. The second-order valence-corrected chi connectivity index (χ2v) is 7.84. The van der Waals surface area contributed by atoms with Crippen molar-refractivity contribution in [3.8, 4) is 17.0 Å². The molecule has 7 nitrogen and oxygen atoms in total. The number of carbonyl (C=O) groups is 1. The SMILES string of the molecule is COc1cccc(-c2cc3c(=O)n(CCNC(=O)c4ccc(C)s4)ccn3n2)c1. The molecule has 1 aromatic carbocycles. The van der Waals surface area contributed by atoms with Gasteiger partial charge in [0.1, 0.15) is 11.3 Å². The Bertz CT molecular complexity index is 1240. The molecule has 4 aromatic rings. The van der Waals surface area contributed by atoms with E-state index in [0.29, 0.717) is 29.2 Å². The van der Waals surface area contributed by atoms with Gasteiger partial charge in [-0.3, -0.25) is 9.59 Å². The van der Waals surface area contributed by atoms with Gasteiger partial charge in [0.25, 0.3) is 11.5 Å². The summed E-state index contributed by atoms with van der Waals surface area (Å²) in [4.78, 5) is 26.7. The highest BCUT2D eigenvalue weighted by Gasteiger charge is 2.11. The molecule has 0 saturated carbocycles. The molecule has 0 aliphatic carbocycles. The third kappa shape index (κ3) is 3.93. The van der Waals surface area contributed by atoms with E-state index in [1.807, 2.05) is 37.3 Å². The summed E-state index contributed by atoms with van der Waals surface area (Å²) >= 11 is 1.45. The number of hydrogen-bond acceptors (Lipinski definition) is 5. The van der Waals surface area contributed by atoms with E-state index in [0.717, 1.165) is 16.2 Å². The molecule has 3 heterocycles. The number of aromatic nitrogens is 3. The highest BCUT2D eigenvalue weighted by atomic mass is 32.1. The van der Waals surface area contributed by atoms with Gasteiger partial charge in [-0.2, -0.15) is 5.10 Å². The van der Waals surface area contributed by atoms with E-state index in [9.17, 15) is 9.59 Å². The van der Waals surface area contributed by atoms with Gasteiger partial charge in [0, 0.05) is 35.9 Å². The van der Waals surface area contributed by atoms with Crippen LogP contribution in [0.3, 0.4) is 0 Å². The Morgan fingerprint density at radius 2 is 2.07 bits per heavy atom. The van der Waals surface area contributed by atoms with Crippen LogP contribution in [0.5, 0.6) is 5.75 Å². The third-order valence-electron chi connectivity index (χ3n) is 4.57. The molecule has 3 aromatic heterocycles. The number of ether oxygens (including phenoxy) is 1. The molecule has 0 aliphatic rings. The van der Waals surface area contributed by atoms with Crippen molar-refractivity contribution >= 4 is 22.8 Å². The van der Waals surface area contributed by atoms with Gasteiger partial charge in [0.05, 0.1) is 17.7 Å². The van der Waals surface area contributed by atoms with Crippen molar-refractivity contribution in [3.05, 3.63) is 75.0 Å². The summed E-state index contributed by atoms with van der Waals surface area (Å²) < 4.78 is 8.40. The van der Waals surface area contributed by atoms with Crippen molar-refractivity contribution in [1.82, 2.24) is 19.5 Å². The van der Waals surface area contributed by atoms with E-state index in [4.69, 9.17) is 4.74 Å². The summed E-state index contributed by atoms with van der Waals surface area (Å²) in [6, 6.07) is 13.0. The number of nitrogens with one attached hydrogen (secondary N) is 1. The first kappa shape index (κ1) is 18.9. The highest BCUT2D eigenvalue weighted by Crippen LogP contribution is 2.23. The van der Waals surface area contributed by atoms with Crippen molar-refractivity contribution in [2.45, 2.75) is 13.5 Å². The molecular weight excluding hydrogens is 388 g/mol. The largest absolute Gasteiger partial charge is 0.497 e. The first-order valence-electron chi connectivity index (χ1n) is 9.13. The van der Waals surface area contributed by atoms with Crippen LogP contribution in [-0.4, -0.2) is 33.7 Å². The first-order chi connectivity index (χ1) is 14.0. The standard InChI is InChI=1S/C21H20N4O3S/c1-14-6-7-19(29-14)20(26)22-8-9-24-10-11-25-18(21(24)27)13-17(23-25)15-4-3-5-16(12-15)28-2/h3-7,10-13H,8-9H2,1-2H3,(H,22,26). The maximum atomic E-state index is 12.8. The lowest BCUT2D eigenvalue weighted by Crippen LogP contribution is -2.30. The minimum absolute atomic E-state index is 0.123. The molecule has 1 N–H and O–H groups in total. The summed E-state index contributed by atoms with van der Waals surface area (Å²) in [5.74, 6) is 0.607. The van der Waals surface area contributed by atoms with Crippen LogP contribution in [0.25, 0.3) is 16.8 Å². The number of amides is 1. The van der Waals surface area contributed by atoms with Gasteiger partial charge < -0.3 is 14.6 Å². The van der Waals surface area contributed by atoms with E-state index >= 15 is 0 Å². The molecule has 1 amide bonds. The van der Waals surface area contributed by atoms with Crippen molar-refractivity contribution in [2.75, 3.05) is 13.7 Å². The molecule has 8 heteroatoms. The zero-order valence-electron chi connectivity index (χ0n) is 16.1. The Hall–Kier alpha value is -3.39. The molecule has 0 bridgehead atoms. The molecule has 0 fully saturated rings. The molecule has 0 unspecified atom stereocenters. The van der Waals surface area contributed by atoms with Crippen LogP contribution in [-0.2, 0) is 6.54 Å². The summed E-state index contributed by atoms with van der Waals surface area (Å²) in [5, 5.41) is 7.35. The normalized spacial score (nSPS) is 11.0. The van der Waals surface area contributed by atoms with E-state index in [-0.39, 0.29) is 11.5 Å². The number of fused-ring (bicyclic) bond motifs is 1. The molecule has 0 atom stereocenters. The van der Waals surface area contributed by atoms with Crippen molar-refractivity contribution in [3.63, 3.8) is 0 Å². The third-order valence-corrected chi connectivity index (χ3v) is 5.57. The number of benzene rings is 1. The quantitative estimate of drug-likeness (QED) is 0.532. The average molecular weight is 408 g/mol. The molecule has 148 valence electrons. The number of carbonyl (C=O) groups excluding carboxylic acids is 1. The minimum atomic E-state index is -0.157. The Balaban J connectivity index is 1.51. The lowest BCUT2D eigenvalue weighted by molar-refractivity contribution is 0.0956. The molecular formula is C21H20N4O3S. The van der Waals surface area contributed by atoms with Crippen LogP contribution in [0, 0.1) is 6.92 Å². The van der Waals surface area contributed by atoms with Crippen molar-refractivity contribution in [1.29, 1.82) is 0 Å². The average Bonchev–Trinajstić information content (AvgIpc) is 3.36. The topological polar surface area (TPSA) is 77.6 Å². The predicted octanol–water partition coefficient (Wildman–Crippen LogP) is 2.97. The van der Waals surface area contributed by atoms with Gasteiger partial charge in [-0.05, 0) is 37.3 Å². The number of nitrogens with zero attached hydrogens (tertiary/aromatic N) is 3. The van der Waals surface area contributed by atoms with Crippen LogP contribution >= 0.6 is 11.3 Å². The molecule has 4 rings (SSSR count). The van der Waals surface area contributed by atoms with Gasteiger partial charge in [-0.1, -0.05) is 12.1 Å². The van der Waals surface area contributed by atoms with Crippen LogP contribution in [0.1, 0.15) is 14.5 Å². The van der Waals surface area contributed by atoms with Crippen molar-refractivity contribution in [2.24, 2.45) is 0 Å². The second-order valence-electron chi connectivity index (χ2n) is 6.55. The number of methoxy groups -OCH3 is 1. The maximum absolute atomic E-state index is 12.8. The predicted molar refractivity (Wildman–Crippen MR) is 113 cm³/mol. The smallest absolute Gasteiger partial charge is 0.276 e. The molecule has 0 radical (unpaired) electrons. The van der Waals surface area contributed by atoms with E-state index in [1.54, 1.807) is 40.7 Å². The summed E-state index contributed by atoms with van der Waals surface area (Å²) in [5.41, 5.74) is 1.89. The molecule has 29 heavy (non-hydrogen) atoms. The molecule has 0 saturated heterocycles. The van der Waals surface area contributed by atoms with E-state index in [2.05, 4.69) is 10.4 Å². The number of aryl methyl sites for hydroxylation is 1. The lowest BCUT2D eigenvalue weighted by atomic mass is 10.1. The van der Waals surface area contributed by atoms with Crippen LogP contribution in [0.2, 0.25) is 0 Å². The lowest BCUT2D eigenvalue weighted by Gasteiger charge is -2.07. The number of rotatable bonds is 6. The Labute approximate surface area is 171 Å². The van der Waals surface area contributed by atoms with Crippen LogP contribution in [0.4, 0.5) is 0 Å². The number of thiophene rings is 1. The van der Waals surface area contributed by atoms with Crippen molar-refractivity contribution < 1.29 is 9.53 Å². The van der Waals surface area contributed by atoms with Crippen LogP contribution in [0.15, 0.2) is 59.7 Å². The highest BCUT2D eigenvalue weighted by molar-refractivity contribution is 7.13. The van der Waals surface area contributed by atoms with E-state index < -0.39 is 0 Å². The van der Waals surface area contributed by atoms with Gasteiger partial charge >= 0.3 is 0 Å². The zero-order valence-corrected chi connectivity index (χ0v) is 16.9. The van der Waals surface area contributed by atoms with Gasteiger partial charge in [-0.25, -0.2) is 4.52 Å².